The van der Waals surface area contributed by atoms with Crippen molar-refractivity contribution in [3.63, 3.8) is 0 Å². The van der Waals surface area contributed by atoms with E-state index in [4.69, 9.17) is 9.47 Å². The number of pyridine rings is 1. The maximum Gasteiger partial charge on any atom is 0.489 e. The molecule has 0 aromatic carbocycles. The predicted molar refractivity (Wildman–Crippen MR) is 84.0 cm³/mol. The first kappa shape index (κ1) is 15.9. The Labute approximate surface area is 133 Å². The summed E-state index contributed by atoms with van der Waals surface area (Å²) in [6.07, 6.45) is 2.75. The van der Waals surface area contributed by atoms with E-state index in [0.29, 0.717) is 32.0 Å². The molecule has 1 aliphatic rings. The van der Waals surface area contributed by atoms with Crippen LogP contribution in [0.15, 0.2) is 29.3 Å². The lowest BCUT2D eigenvalue weighted by Gasteiger charge is -2.26. The summed E-state index contributed by atoms with van der Waals surface area (Å²) in [6.45, 7) is 4.23. The van der Waals surface area contributed by atoms with Gasteiger partial charge in [-0.25, -0.2) is 4.98 Å². The van der Waals surface area contributed by atoms with Gasteiger partial charge >= 0.3 is 7.12 Å². The topological polar surface area (TPSA) is 96.5 Å². The first-order valence-corrected chi connectivity index (χ1v) is 7.45. The Bertz CT molecular complexity index is 730. The Kier molecular flexibility index (Phi) is 4.92. The van der Waals surface area contributed by atoms with Crippen LogP contribution in [0, 0.1) is 0 Å². The van der Waals surface area contributed by atoms with Crippen LogP contribution in [0.3, 0.4) is 0 Å². The van der Waals surface area contributed by atoms with Crippen molar-refractivity contribution in [1.29, 1.82) is 0 Å². The number of hydrogen-bond acceptors (Lipinski definition) is 7. The molecule has 0 amide bonds. The van der Waals surface area contributed by atoms with Crippen LogP contribution in [0.2, 0.25) is 0 Å². The minimum Gasteiger partial charge on any atom is -0.485 e. The van der Waals surface area contributed by atoms with Crippen molar-refractivity contribution in [3.05, 3.63) is 34.9 Å². The number of ether oxygens (including phenoxy) is 2. The van der Waals surface area contributed by atoms with Crippen molar-refractivity contribution < 1.29 is 19.5 Å². The van der Waals surface area contributed by atoms with Crippen molar-refractivity contribution in [2.24, 2.45) is 0 Å². The predicted octanol–water partition coefficient (Wildman–Crippen LogP) is -1.91. The van der Waals surface area contributed by atoms with E-state index >= 15 is 0 Å². The summed E-state index contributed by atoms with van der Waals surface area (Å²) in [6, 6.07) is 3.05. The fourth-order valence-electron chi connectivity index (χ4n) is 2.44. The SMILES string of the molecule is O=c1c(OCCN2CCOCC2)cnc2ccc(B(O)O)cn12. The van der Waals surface area contributed by atoms with E-state index in [0.717, 1.165) is 13.1 Å². The Morgan fingerprint density at radius 2 is 2.09 bits per heavy atom. The van der Waals surface area contributed by atoms with Crippen molar-refractivity contribution in [2.75, 3.05) is 39.5 Å². The highest BCUT2D eigenvalue weighted by Crippen LogP contribution is 2.04. The second-order valence-corrected chi connectivity index (χ2v) is 5.29. The molecule has 0 atom stereocenters. The summed E-state index contributed by atoms with van der Waals surface area (Å²) in [5.41, 5.74) is 0.256. The molecule has 23 heavy (non-hydrogen) atoms. The first-order valence-electron chi connectivity index (χ1n) is 7.45. The first-order chi connectivity index (χ1) is 11.1. The van der Waals surface area contributed by atoms with Gasteiger partial charge < -0.3 is 19.5 Å². The minimum absolute atomic E-state index is 0.139. The number of hydrogen-bond donors (Lipinski definition) is 2. The van der Waals surface area contributed by atoms with Crippen LogP contribution in [0.5, 0.6) is 5.75 Å². The van der Waals surface area contributed by atoms with E-state index in [2.05, 4.69) is 9.88 Å². The van der Waals surface area contributed by atoms with Gasteiger partial charge in [0.25, 0.3) is 5.56 Å². The molecule has 3 rings (SSSR count). The molecule has 1 saturated heterocycles. The maximum atomic E-state index is 12.4. The standard InChI is InChI=1S/C14H18BN3O5/c19-14-12(23-8-5-17-3-6-22-7-4-17)9-16-13-2-1-11(15(20)21)10-18(13)14/h1-2,9-10,20-21H,3-8H2. The van der Waals surface area contributed by atoms with Gasteiger partial charge in [-0.15, -0.1) is 0 Å². The molecule has 0 aliphatic carbocycles. The summed E-state index contributed by atoms with van der Waals surface area (Å²) >= 11 is 0. The normalized spacial score (nSPS) is 15.7. The Hall–Kier alpha value is -1.94. The highest BCUT2D eigenvalue weighted by atomic mass is 16.5. The van der Waals surface area contributed by atoms with E-state index in [1.807, 2.05) is 0 Å². The van der Waals surface area contributed by atoms with Gasteiger partial charge in [0, 0.05) is 25.8 Å². The maximum absolute atomic E-state index is 12.4. The average Bonchev–Trinajstić information content (AvgIpc) is 2.57. The molecule has 1 fully saturated rings. The number of rotatable bonds is 5. The molecule has 3 heterocycles. The van der Waals surface area contributed by atoms with Gasteiger partial charge in [0.1, 0.15) is 12.3 Å². The third kappa shape index (κ3) is 3.70. The van der Waals surface area contributed by atoms with E-state index in [9.17, 15) is 14.8 Å². The molecule has 0 saturated carbocycles. The smallest absolute Gasteiger partial charge is 0.485 e. The van der Waals surface area contributed by atoms with Crippen LogP contribution in [0.25, 0.3) is 5.65 Å². The summed E-state index contributed by atoms with van der Waals surface area (Å²) in [7, 11) is -1.64. The highest BCUT2D eigenvalue weighted by Gasteiger charge is 2.14. The monoisotopic (exact) mass is 319 g/mol. The lowest BCUT2D eigenvalue weighted by atomic mass is 9.82. The third-order valence-electron chi connectivity index (χ3n) is 3.76. The van der Waals surface area contributed by atoms with Crippen LogP contribution in [-0.2, 0) is 4.74 Å². The van der Waals surface area contributed by atoms with Crippen LogP contribution in [0.1, 0.15) is 0 Å². The van der Waals surface area contributed by atoms with E-state index in [-0.39, 0.29) is 16.8 Å². The van der Waals surface area contributed by atoms with Gasteiger partial charge in [0.05, 0.1) is 19.4 Å². The third-order valence-corrected chi connectivity index (χ3v) is 3.76. The van der Waals surface area contributed by atoms with Crippen molar-refractivity contribution in [3.8, 4) is 5.75 Å². The zero-order chi connectivity index (χ0) is 16.2. The van der Waals surface area contributed by atoms with E-state index in [1.54, 1.807) is 6.07 Å². The van der Waals surface area contributed by atoms with Crippen molar-refractivity contribution in [2.45, 2.75) is 0 Å². The molecule has 9 heteroatoms. The van der Waals surface area contributed by atoms with Gasteiger partial charge in [-0.1, -0.05) is 6.07 Å². The van der Waals surface area contributed by atoms with E-state index < -0.39 is 7.12 Å². The van der Waals surface area contributed by atoms with Crippen molar-refractivity contribution in [1.82, 2.24) is 14.3 Å². The number of fused-ring (bicyclic) bond motifs is 1. The molecule has 122 valence electrons. The molecule has 8 nitrogen and oxygen atoms in total. The molecule has 0 radical (unpaired) electrons. The molecule has 2 aromatic rings. The second kappa shape index (κ2) is 7.09. The van der Waals surface area contributed by atoms with Gasteiger partial charge in [-0.2, -0.15) is 0 Å². The molecule has 2 N–H and O–H groups in total. The molecule has 0 unspecified atom stereocenters. The van der Waals surface area contributed by atoms with Crippen molar-refractivity contribution >= 4 is 18.2 Å². The van der Waals surface area contributed by atoms with Crippen LogP contribution < -0.4 is 15.8 Å². The van der Waals surface area contributed by atoms with Crippen LogP contribution in [0.4, 0.5) is 0 Å². The Morgan fingerprint density at radius 3 is 2.83 bits per heavy atom. The van der Waals surface area contributed by atoms with Crippen LogP contribution in [-0.4, -0.2) is 70.9 Å². The number of nitrogens with zero attached hydrogens (tertiary/aromatic N) is 3. The summed E-state index contributed by atoms with van der Waals surface area (Å²) in [5, 5.41) is 18.4. The summed E-state index contributed by atoms with van der Waals surface area (Å²) < 4.78 is 12.1. The molecular weight excluding hydrogens is 301 g/mol. The second-order valence-electron chi connectivity index (χ2n) is 5.29. The quantitative estimate of drug-likeness (QED) is 0.621. The number of aromatic nitrogens is 2. The van der Waals surface area contributed by atoms with Gasteiger partial charge in [0.2, 0.25) is 5.75 Å². The lowest BCUT2D eigenvalue weighted by molar-refractivity contribution is 0.0321. The molecule has 0 spiro atoms. The summed E-state index contributed by atoms with van der Waals surface area (Å²) in [5.74, 6) is 0.139. The molecular formula is C14H18BN3O5. The Morgan fingerprint density at radius 1 is 1.30 bits per heavy atom. The number of morpholine rings is 1. The zero-order valence-electron chi connectivity index (χ0n) is 12.6. The van der Waals surface area contributed by atoms with Gasteiger partial charge in [-0.05, 0) is 11.5 Å². The average molecular weight is 319 g/mol. The highest BCUT2D eigenvalue weighted by molar-refractivity contribution is 6.58. The summed E-state index contributed by atoms with van der Waals surface area (Å²) in [4.78, 5) is 18.7. The zero-order valence-corrected chi connectivity index (χ0v) is 12.6. The van der Waals surface area contributed by atoms with E-state index in [1.165, 1.54) is 22.9 Å². The fourth-order valence-corrected chi connectivity index (χ4v) is 2.44. The Balaban J connectivity index is 1.73. The molecule has 2 aromatic heterocycles. The van der Waals surface area contributed by atoms with Gasteiger partial charge in [0.15, 0.2) is 0 Å². The lowest BCUT2D eigenvalue weighted by Crippen LogP contribution is -2.39. The van der Waals surface area contributed by atoms with Crippen LogP contribution >= 0.6 is 0 Å². The minimum atomic E-state index is -1.64. The fraction of sp³-hybridized carbons (Fsp3) is 0.429. The molecule has 1 aliphatic heterocycles. The molecule has 0 bridgehead atoms. The largest absolute Gasteiger partial charge is 0.489 e. The van der Waals surface area contributed by atoms with Gasteiger partial charge in [-0.3, -0.25) is 14.1 Å².